The lowest BCUT2D eigenvalue weighted by Crippen LogP contribution is -2.43. The monoisotopic (exact) mass is 604 g/mol. The molecule has 0 radical (unpaired) electrons. The number of anilines is 2. The third-order valence-corrected chi connectivity index (χ3v) is 9.28. The molecule has 0 aliphatic carbocycles. The molecule has 6 rings (SSSR count). The summed E-state index contributed by atoms with van der Waals surface area (Å²) in [5.41, 5.74) is 3.14. The van der Waals surface area contributed by atoms with Crippen LogP contribution < -0.4 is 19.9 Å². The molecule has 3 aliphatic heterocycles. The van der Waals surface area contributed by atoms with Crippen LogP contribution in [0.2, 0.25) is 5.02 Å². The van der Waals surface area contributed by atoms with E-state index in [-0.39, 0.29) is 5.54 Å². The fraction of sp³-hybridized carbons (Fsp3) is 0.438. The predicted octanol–water partition coefficient (Wildman–Crippen LogP) is 4.05. The number of fused-ring (bicyclic) bond motifs is 3. The lowest BCUT2D eigenvalue weighted by Gasteiger charge is -2.34. The van der Waals surface area contributed by atoms with Crippen LogP contribution in [0.4, 0.5) is 11.5 Å². The van der Waals surface area contributed by atoms with Gasteiger partial charge in [-0.3, -0.25) is 9.69 Å². The summed E-state index contributed by atoms with van der Waals surface area (Å²) in [5, 5.41) is 14.4. The van der Waals surface area contributed by atoms with Gasteiger partial charge >= 0.3 is 12.0 Å². The highest BCUT2D eigenvalue weighted by Gasteiger charge is 2.45. The van der Waals surface area contributed by atoms with Gasteiger partial charge in [0.1, 0.15) is 12.4 Å². The summed E-state index contributed by atoms with van der Waals surface area (Å²) in [7, 11) is 1.94. The number of hydrogen-bond acceptors (Lipinski definition) is 8. The van der Waals surface area contributed by atoms with Gasteiger partial charge in [0.25, 0.3) is 0 Å². The normalized spacial score (nSPS) is 17.7. The van der Waals surface area contributed by atoms with E-state index in [1.807, 2.05) is 24.1 Å². The topological polar surface area (TPSA) is 111 Å². The van der Waals surface area contributed by atoms with Gasteiger partial charge in [0.15, 0.2) is 0 Å². The Morgan fingerprint density at radius 2 is 1.88 bits per heavy atom. The molecule has 0 spiro atoms. The van der Waals surface area contributed by atoms with Crippen molar-refractivity contribution >= 4 is 45.8 Å². The molecule has 2 saturated heterocycles. The van der Waals surface area contributed by atoms with E-state index in [1.54, 1.807) is 0 Å². The summed E-state index contributed by atoms with van der Waals surface area (Å²) >= 11 is 6.68. The van der Waals surface area contributed by atoms with Crippen molar-refractivity contribution in [3.05, 3.63) is 64.8 Å². The number of halogens is 1. The Labute approximate surface area is 256 Å². The van der Waals surface area contributed by atoms with Crippen LogP contribution in [0, 0.1) is 0 Å². The van der Waals surface area contributed by atoms with E-state index >= 15 is 0 Å². The third-order valence-electron chi connectivity index (χ3n) is 8.96. The molecule has 4 heterocycles. The van der Waals surface area contributed by atoms with Gasteiger partial charge < -0.3 is 25.0 Å². The first-order valence-corrected chi connectivity index (χ1v) is 15.3. The molecular weight excluding hydrogens is 568 g/mol. The van der Waals surface area contributed by atoms with Gasteiger partial charge in [-0.15, -0.1) is 0 Å². The number of carboxylic acid groups (broad SMARTS) is 1. The minimum absolute atomic E-state index is 0.0742. The number of aromatic nitrogens is 2. The first-order chi connectivity index (χ1) is 20.8. The molecular formula is C32H37ClN6O4. The lowest BCUT2D eigenvalue weighted by molar-refractivity contribution is -0.131. The van der Waals surface area contributed by atoms with E-state index in [9.17, 15) is 9.59 Å². The van der Waals surface area contributed by atoms with Crippen molar-refractivity contribution in [3.8, 4) is 6.01 Å². The first-order valence-electron chi connectivity index (χ1n) is 14.9. The SMILES string of the molecule is CN(CCNC(=O)/C=C/C(=O)O)c1nc(OCC23CCCN2CCC3)nc2c1CCN(c1cccc3cccc(Cl)c13)C2. The van der Waals surface area contributed by atoms with Crippen LogP contribution in [0.1, 0.15) is 36.9 Å². The highest BCUT2D eigenvalue weighted by molar-refractivity contribution is 6.36. The van der Waals surface area contributed by atoms with Crippen LogP contribution in [-0.4, -0.2) is 83.8 Å². The Bertz CT molecular complexity index is 1550. The predicted molar refractivity (Wildman–Crippen MR) is 167 cm³/mol. The minimum Gasteiger partial charge on any atom is -0.478 e. The highest BCUT2D eigenvalue weighted by Crippen LogP contribution is 2.40. The second-order valence-electron chi connectivity index (χ2n) is 11.6. The van der Waals surface area contributed by atoms with Crippen molar-refractivity contribution in [2.24, 2.45) is 0 Å². The molecule has 1 amide bonds. The van der Waals surface area contributed by atoms with Crippen molar-refractivity contribution in [2.75, 3.05) is 56.2 Å². The minimum atomic E-state index is -1.16. The Morgan fingerprint density at radius 3 is 2.65 bits per heavy atom. The Hall–Kier alpha value is -3.89. The number of aliphatic carboxylic acids is 1. The van der Waals surface area contributed by atoms with Crippen LogP contribution in [-0.2, 0) is 22.6 Å². The van der Waals surface area contributed by atoms with Crippen molar-refractivity contribution in [2.45, 2.75) is 44.2 Å². The zero-order valence-electron chi connectivity index (χ0n) is 24.4. The summed E-state index contributed by atoms with van der Waals surface area (Å²) in [6.45, 7) is 4.99. The molecule has 0 saturated carbocycles. The summed E-state index contributed by atoms with van der Waals surface area (Å²) in [6, 6.07) is 12.6. The molecule has 43 heavy (non-hydrogen) atoms. The molecule has 11 heteroatoms. The summed E-state index contributed by atoms with van der Waals surface area (Å²) in [6.07, 6.45) is 7.24. The maximum atomic E-state index is 12.0. The number of benzene rings is 2. The number of hydrogen-bond donors (Lipinski definition) is 2. The maximum Gasteiger partial charge on any atom is 0.328 e. The highest BCUT2D eigenvalue weighted by atomic mass is 35.5. The van der Waals surface area contributed by atoms with Crippen LogP contribution in [0.3, 0.4) is 0 Å². The van der Waals surface area contributed by atoms with Gasteiger partial charge in [0.05, 0.1) is 22.8 Å². The smallest absolute Gasteiger partial charge is 0.328 e. The maximum absolute atomic E-state index is 12.0. The van der Waals surface area contributed by atoms with Crippen molar-refractivity contribution in [3.63, 3.8) is 0 Å². The molecule has 2 N–H and O–H groups in total. The summed E-state index contributed by atoms with van der Waals surface area (Å²) in [5.74, 6) is -0.825. The van der Waals surface area contributed by atoms with E-state index in [2.05, 4.69) is 39.4 Å². The molecule has 2 aromatic carbocycles. The number of likely N-dealkylation sites (N-methyl/N-ethyl adjacent to an activating group) is 1. The summed E-state index contributed by atoms with van der Waals surface area (Å²) in [4.78, 5) is 39.5. The number of carbonyl (C=O) groups excluding carboxylic acids is 1. The molecule has 2 fully saturated rings. The van der Waals surface area contributed by atoms with Crippen molar-refractivity contribution in [1.29, 1.82) is 0 Å². The van der Waals surface area contributed by atoms with E-state index in [0.717, 1.165) is 89.6 Å². The average Bonchev–Trinajstić information content (AvgIpc) is 3.59. The number of rotatable bonds is 10. The van der Waals surface area contributed by atoms with Gasteiger partial charge in [0, 0.05) is 55.5 Å². The second kappa shape index (κ2) is 12.4. The van der Waals surface area contributed by atoms with Gasteiger partial charge in [-0.05, 0) is 62.7 Å². The molecule has 3 aliphatic rings. The average molecular weight is 605 g/mol. The van der Waals surface area contributed by atoms with Crippen LogP contribution in [0.5, 0.6) is 6.01 Å². The Balaban J connectivity index is 1.26. The van der Waals surface area contributed by atoms with E-state index in [1.165, 1.54) is 12.8 Å². The molecule has 0 unspecified atom stereocenters. The molecule has 0 atom stereocenters. The van der Waals surface area contributed by atoms with Crippen LogP contribution in [0.25, 0.3) is 10.8 Å². The number of ether oxygens (including phenoxy) is 1. The number of nitrogens with one attached hydrogen (secondary N) is 1. The third kappa shape index (κ3) is 6.12. The molecule has 3 aromatic rings. The number of carboxylic acids is 1. The van der Waals surface area contributed by atoms with Gasteiger partial charge in [-0.25, -0.2) is 4.79 Å². The van der Waals surface area contributed by atoms with Crippen LogP contribution in [0.15, 0.2) is 48.6 Å². The van der Waals surface area contributed by atoms with Crippen molar-refractivity contribution < 1.29 is 19.4 Å². The molecule has 0 bridgehead atoms. The van der Waals surface area contributed by atoms with Gasteiger partial charge in [-0.1, -0.05) is 35.9 Å². The van der Waals surface area contributed by atoms with E-state index < -0.39 is 11.9 Å². The fourth-order valence-electron chi connectivity index (χ4n) is 6.83. The first kappa shape index (κ1) is 29.2. The molecule has 10 nitrogen and oxygen atoms in total. The molecule has 1 aromatic heterocycles. The zero-order valence-corrected chi connectivity index (χ0v) is 25.1. The number of nitrogens with zero attached hydrogens (tertiary/aromatic N) is 5. The lowest BCUT2D eigenvalue weighted by atomic mass is 9.95. The second-order valence-corrected chi connectivity index (χ2v) is 12.0. The number of carbonyl (C=O) groups is 2. The van der Waals surface area contributed by atoms with E-state index in [4.69, 9.17) is 31.4 Å². The van der Waals surface area contributed by atoms with Crippen LogP contribution >= 0.6 is 11.6 Å². The van der Waals surface area contributed by atoms with E-state index in [0.29, 0.717) is 32.3 Å². The van der Waals surface area contributed by atoms with Gasteiger partial charge in [-0.2, -0.15) is 9.97 Å². The largest absolute Gasteiger partial charge is 0.478 e. The zero-order chi connectivity index (χ0) is 30.0. The Morgan fingerprint density at radius 1 is 1.12 bits per heavy atom. The van der Waals surface area contributed by atoms with Crippen molar-refractivity contribution in [1.82, 2.24) is 20.2 Å². The fourth-order valence-corrected chi connectivity index (χ4v) is 7.11. The molecule has 226 valence electrons. The standard InChI is InChI=1S/C32H37ClN6O4/c1-37(19-15-34-27(40)10-11-28(41)42)30-23-12-18-38(26-9-3-7-22-6-2-8-24(33)29(22)26)20-25(23)35-31(36-30)43-21-32-13-4-16-39(32)17-5-14-32/h2-3,6-11H,4-5,12-21H2,1H3,(H,34,40)(H,41,42)/b11-10+. The Kier molecular flexibility index (Phi) is 8.41. The number of amides is 1. The van der Waals surface area contributed by atoms with Gasteiger partial charge in [0.2, 0.25) is 5.91 Å². The summed E-state index contributed by atoms with van der Waals surface area (Å²) < 4.78 is 6.41. The quantitative estimate of drug-likeness (QED) is 0.331.